The molecule has 35 heavy (non-hydrogen) atoms. The van der Waals surface area contributed by atoms with Gasteiger partial charge >= 0.3 is 0 Å². The zero-order valence-corrected chi connectivity index (χ0v) is 20.6. The van der Waals surface area contributed by atoms with Crippen molar-refractivity contribution in [2.24, 2.45) is 0 Å². The molecule has 1 aliphatic rings. The number of thiocarbonyl (C=S) groups is 1. The monoisotopic (exact) mass is 477 g/mol. The lowest BCUT2D eigenvalue weighted by Gasteiger charge is -2.45. The lowest BCUT2D eigenvalue weighted by molar-refractivity contribution is 0.165. The van der Waals surface area contributed by atoms with Gasteiger partial charge in [0, 0.05) is 18.3 Å². The van der Waals surface area contributed by atoms with Crippen molar-refractivity contribution in [3.63, 3.8) is 0 Å². The molecule has 0 aliphatic carbocycles. The number of likely N-dealkylation sites (tertiary alicyclic amines) is 1. The summed E-state index contributed by atoms with van der Waals surface area (Å²) in [6, 6.07) is 42.7. The van der Waals surface area contributed by atoms with Crippen LogP contribution in [0.15, 0.2) is 121 Å². The zero-order chi connectivity index (χ0) is 23.9. The molecule has 1 heterocycles. The number of anilines is 1. The first-order valence-electron chi connectivity index (χ1n) is 12.3. The summed E-state index contributed by atoms with van der Waals surface area (Å²) in [5.74, 6) is 0. The second kappa shape index (κ2) is 10.9. The SMILES string of the molecule is S=C(Nc1ccccc1)NC(c1ccccc1)(c1ccccc1)[C@@H]1CCCN1Cc1ccccc1. The van der Waals surface area contributed by atoms with Crippen molar-refractivity contribution in [1.82, 2.24) is 10.2 Å². The Labute approximate surface area is 213 Å². The predicted octanol–water partition coefficient (Wildman–Crippen LogP) is 6.58. The highest BCUT2D eigenvalue weighted by atomic mass is 32.1. The Hall–Kier alpha value is -3.47. The van der Waals surface area contributed by atoms with E-state index in [0.29, 0.717) is 5.11 Å². The minimum Gasteiger partial charge on any atom is -0.347 e. The Morgan fingerprint density at radius 3 is 1.83 bits per heavy atom. The summed E-state index contributed by atoms with van der Waals surface area (Å²) in [6.45, 7) is 1.97. The Kier molecular flexibility index (Phi) is 7.22. The minimum absolute atomic E-state index is 0.225. The topological polar surface area (TPSA) is 27.3 Å². The maximum absolute atomic E-state index is 5.95. The summed E-state index contributed by atoms with van der Waals surface area (Å²) in [7, 11) is 0. The van der Waals surface area contributed by atoms with Crippen LogP contribution in [0.25, 0.3) is 0 Å². The molecule has 4 heteroatoms. The van der Waals surface area contributed by atoms with E-state index >= 15 is 0 Å². The summed E-state index contributed by atoms with van der Waals surface area (Å²) in [5, 5.41) is 7.90. The average molecular weight is 478 g/mol. The van der Waals surface area contributed by atoms with E-state index in [1.807, 2.05) is 30.3 Å². The van der Waals surface area contributed by atoms with E-state index < -0.39 is 5.54 Å². The van der Waals surface area contributed by atoms with Crippen LogP contribution in [0.5, 0.6) is 0 Å². The predicted molar refractivity (Wildman–Crippen MR) is 149 cm³/mol. The lowest BCUT2D eigenvalue weighted by Crippen LogP contribution is -2.59. The first kappa shape index (κ1) is 23.3. The molecule has 4 aromatic carbocycles. The van der Waals surface area contributed by atoms with Crippen molar-refractivity contribution in [3.05, 3.63) is 138 Å². The standard InChI is InChI=1S/C31H31N3S/c35-30(32-28-20-11-4-12-21-28)33-31(26-16-7-2-8-17-26,27-18-9-3-10-19-27)29-22-13-23-34(29)24-25-14-5-1-6-15-25/h1-12,14-21,29H,13,22-24H2,(H2,32,33,35)/t29-/m0/s1. The molecule has 0 unspecified atom stereocenters. The molecule has 0 saturated carbocycles. The smallest absolute Gasteiger partial charge is 0.171 e. The molecule has 4 aromatic rings. The van der Waals surface area contributed by atoms with Crippen LogP contribution in [0.3, 0.4) is 0 Å². The van der Waals surface area contributed by atoms with Crippen molar-refractivity contribution in [2.45, 2.75) is 31.0 Å². The van der Waals surface area contributed by atoms with Crippen LogP contribution in [0.4, 0.5) is 5.69 Å². The van der Waals surface area contributed by atoms with Crippen LogP contribution < -0.4 is 10.6 Å². The van der Waals surface area contributed by atoms with Gasteiger partial charge in [-0.15, -0.1) is 0 Å². The molecule has 0 bridgehead atoms. The maximum Gasteiger partial charge on any atom is 0.171 e. The molecule has 1 saturated heterocycles. The summed E-state index contributed by atoms with van der Waals surface area (Å²) >= 11 is 5.95. The molecule has 2 N–H and O–H groups in total. The molecule has 0 aromatic heterocycles. The van der Waals surface area contributed by atoms with E-state index in [0.717, 1.165) is 31.6 Å². The molecule has 0 spiro atoms. The Bertz CT molecular complexity index is 1170. The van der Waals surface area contributed by atoms with Gasteiger partial charge in [0.15, 0.2) is 5.11 Å². The molecule has 1 fully saturated rings. The highest BCUT2D eigenvalue weighted by Crippen LogP contribution is 2.41. The number of para-hydroxylation sites is 1. The van der Waals surface area contributed by atoms with Gasteiger partial charge in [0.1, 0.15) is 5.54 Å². The largest absolute Gasteiger partial charge is 0.347 e. The minimum atomic E-state index is -0.507. The van der Waals surface area contributed by atoms with Gasteiger partial charge in [-0.05, 0) is 60.4 Å². The third-order valence-electron chi connectivity index (χ3n) is 6.89. The molecule has 176 valence electrons. The van der Waals surface area contributed by atoms with Crippen LogP contribution in [-0.2, 0) is 12.1 Å². The van der Waals surface area contributed by atoms with Crippen molar-refractivity contribution in [2.75, 3.05) is 11.9 Å². The number of nitrogens with one attached hydrogen (secondary N) is 2. The quantitative estimate of drug-likeness (QED) is 0.294. The molecular weight excluding hydrogens is 446 g/mol. The second-order valence-electron chi connectivity index (χ2n) is 9.10. The van der Waals surface area contributed by atoms with Crippen LogP contribution in [0.1, 0.15) is 29.5 Å². The lowest BCUT2D eigenvalue weighted by atomic mass is 9.75. The Balaban J connectivity index is 1.59. The van der Waals surface area contributed by atoms with Crippen LogP contribution in [0, 0.1) is 0 Å². The van der Waals surface area contributed by atoms with Gasteiger partial charge < -0.3 is 10.6 Å². The van der Waals surface area contributed by atoms with E-state index in [1.165, 1.54) is 16.7 Å². The van der Waals surface area contributed by atoms with Gasteiger partial charge in [-0.3, -0.25) is 4.90 Å². The van der Waals surface area contributed by atoms with Crippen molar-refractivity contribution in [3.8, 4) is 0 Å². The van der Waals surface area contributed by atoms with Gasteiger partial charge in [-0.2, -0.15) is 0 Å². The number of hydrogen-bond donors (Lipinski definition) is 2. The van der Waals surface area contributed by atoms with Gasteiger partial charge in [-0.25, -0.2) is 0 Å². The first-order valence-corrected chi connectivity index (χ1v) is 12.7. The molecule has 0 radical (unpaired) electrons. The number of hydrogen-bond acceptors (Lipinski definition) is 2. The van der Waals surface area contributed by atoms with Crippen molar-refractivity contribution in [1.29, 1.82) is 0 Å². The zero-order valence-electron chi connectivity index (χ0n) is 19.8. The Morgan fingerprint density at radius 1 is 0.743 bits per heavy atom. The second-order valence-corrected chi connectivity index (χ2v) is 9.51. The summed E-state index contributed by atoms with van der Waals surface area (Å²) in [5.41, 5.74) is 4.24. The van der Waals surface area contributed by atoms with Crippen LogP contribution >= 0.6 is 12.2 Å². The third-order valence-corrected chi connectivity index (χ3v) is 7.10. The summed E-state index contributed by atoms with van der Waals surface area (Å²) in [4.78, 5) is 2.62. The Morgan fingerprint density at radius 2 is 1.26 bits per heavy atom. The summed E-state index contributed by atoms with van der Waals surface area (Å²) < 4.78 is 0. The fourth-order valence-electron chi connectivity index (χ4n) is 5.37. The molecular formula is C31H31N3S. The van der Waals surface area contributed by atoms with E-state index in [-0.39, 0.29) is 6.04 Å². The van der Waals surface area contributed by atoms with Gasteiger partial charge in [-0.1, -0.05) is 109 Å². The highest BCUT2D eigenvalue weighted by Gasteiger charge is 2.47. The number of nitrogens with zero attached hydrogens (tertiary/aromatic N) is 1. The van der Waals surface area contributed by atoms with Crippen LogP contribution in [-0.4, -0.2) is 22.6 Å². The van der Waals surface area contributed by atoms with Gasteiger partial charge in [0.25, 0.3) is 0 Å². The highest BCUT2D eigenvalue weighted by molar-refractivity contribution is 7.80. The van der Waals surface area contributed by atoms with E-state index in [1.54, 1.807) is 0 Å². The fourth-order valence-corrected chi connectivity index (χ4v) is 5.65. The third kappa shape index (κ3) is 5.14. The fraction of sp³-hybridized carbons (Fsp3) is 0.194. The van der Waals surface area contributed by atoms with Gasteiger partial charge in [0.05, 0.1) is 0 Å². The average Bonchev–Trinajstić information content (AvgIpc) is 3.38. The van der Waals surface area contributed by atoms with Gasteiger partial charge in [0.2, 0.25) is 0 Å². The van der Waals surface area contributed by atoms with Crippen molar-refractivity contribution >= 4 is 23.0 Å². The molecule has 1 aliphatic heterocycles. The first-order chi connectivity index (χ1) is 17.3. The normalized spacial score (nSPS) is 16.1. The molecule has 3 nitrogen and oxygen atoms in total. The maximum atomic E-state index is 5.95. The molecule has 1 atom stereocenters. The van der Waals surface area contributed by atoms with E-state index in [2.05, 4.69) is 107 Å². The number of benzene rings is 4. The van der Waals surface area contributed by atoms with Crippen molar-refractivity contribution < 1.29 is 0 Å². The van der Waals surface area contributed by atoms with E-state index in [9.17, 15) is 0 Å². The molecule has 0 amide bonds. The summed E-state index contributed by atoms with van der Waals surface area (Å²) in [6.07, 6.45) is 2.23. The number of rotatable bonds is 7. The van der Waals surface area contributed by atoms with Crippen LogP contribution in [0.2, 0.25) is 0 Å². The molecule has 5 rings (SSSR count). The van der Waals surface area contributed by atoms with E-state index in [4.69, 9.17) is 12.2 Å².